The number of hydrogen-bond donors (Lipinski definition) is 0. The summed E-state index contributed by atoms with van der Waals surface area (Å²) in [6, 6.07) is 16.0. The monoisotopic (exact) mass is 426 g/mol. The predicted molar refractivity (Wildman–Crippen MR) is 123 cm³/mol. The lowest BCUT2D eigenvalue weighted by molar-refractivity contribution is 0.220. The fraction of sp³-hybridized carbons (Fsp3) is 0.304. The van der Waals surface area contributed by atoms with Crippen LogP contribution in [0, 0.1) is 0 Å². The van der Waals surface area contributed by atoms with Crippen LogP contribution in [0.25, 0.3) is 27.7 Å². The molecule has 0 saturated carbocycles. The third kappa shape index (κ3) is 4.20. The van der Waals surface area contributed by atoms with Crippen molar-refractivity contribution in [3.05, 3.63) is 54.7 Å². The normalized spacial score (nSPS) is 11.1. The Morgan fingerprint density at radius 1 is 1.00 bits per heavy atom. The van der Waals surface area contributed by atoms with Gasteiger partial charge in [-0.15, -0.1) is 12.4 Å². The van der Waals surface area contributed by atoms with Crippen LogP contribution in [0.4, 0.5) is 0 Å². The van der Waals surface area contributed by atoms with Gasteiger partial charge in [0.05, 0.1) is 24.2 Å². The molecule has 0 fully saturated rings. The molecule has 158 valence electrons. The highest BCUT2D eigenvalue weighted by molar-refractivity contribution is 5.89. The molecular formula is C23H27ClN4O2. The second-order valence-corrected chi connectivity index (χ2v) is 6.83. The van der Waals surface area contributed by atoms with Gasteiger partial charge in [-0.2, -0.15) is 10.1 Å². The molecule has 0 saturated heterocycles. The minimum atomic E-state index is 0. The van der Waals surface area contributed by atoms with Gasteiger partial charge in [0, 0.05) is 12.1 Å². The first-order chi connectivity index (χ1) is 14.2. The van der Waals surface area contributed by atoms with Gasteiger partial charge in [0.15, 0.2) is 5.65 Å². The summed E-state index contributed by atoms with van der Waals surface area (Å²) in [5, 5.41) is 5.56. The lowest BCUT2D eigenvalue weighted by Crippen LogP contribution is -2.28. The Bertz CT molecular complexity index is 1110. The van der Waals surface area contributed by atoms with E-state index in [0.717, 1.165) is 53.1 Å². The number of hydrogen-bond acceptors (Lipinski definition) is 5. The average molecular weight is 427 g/mol. The minimum absolute atomic E-state index is 0. The average Bonchev–Trinajstić information content (AvgIpc) is 3.21. The third-order valence-corrected chi connectivity index (χ3v) is 5.26. The lowest BCUT2D eigenvalue weighted by Gasteiger charge is -2.18. The van der Waals surface area contributed by atoms with Gasteiger partial charge in [-0.25, -0.2) is 4.52 Å². The van der Waals surface area contributed by atoms with Gasteiger partial charge >= 0.3 is 0 Å². The van der Waals surface area contributed by atoms with Gasteiger partial charge in [-0.05, 0) is 42.9 Å². The van der Waals surface area contributed by atoms with Crippen LogP contribution in [0.1, 0.15) is 13.8 Å². The molecule has 7 heteroatoms. The molecule has 0 aliphatic rings. The van der Waals surface area contributed by atoms with Crippen molar-refractivity contribution in [1.82, 2.24) is 19.5 Å². The smallest absolute Gasteiger partial charge is 0.225 e. The third-order valence-electron chi connectivity index (χ3n) is 5.26. The molecule has 0 bridgehead atoms. The number of benzene rings is 2. The number of methoxy groups -OCH3 is 1. The van der Waals surface area contributed by atoms with Crippen molar-refractivity contribution in [1.29, 1.82) is 0 Å². The Morgan fingerprint density at radius 2 is 1.73 bits per heavy atom. The quantitative estimate of drug-likeness (QED) is 0.408. The Balaban J connectivity index is 0.00000256. The number of para-hydroxylation sites is 1. The molecular weight excluding hydrogens is 400 g/mol. The maximum absolute atomic E-state index is 6.14. The van der Waals surface area contributed by atoms with Gasteiger partial charge in [-0.3, -0.25) is 0 Å². The molecule has 4 rings (SSSR count). The van der Waals surface area contributed by atoms with E-state index >= 15 is 0 Å². The maximum Gasteiger partial charge on any atom is 0.225 e. The van der Waals surface area contributed by atoms with Crippen LogP contribution in [-0.2, 0) is 0 Å². The van der Waals surface area contributed by atoms with E-state index in [4.69, 9.17) is 14.5 Å². The van der Waals surface area contributed by atoms with Crippen molar-refractivity contribution in [2.24, 2.45) is 0 Å². The highest BCUT2D eigenvalue weighted by atomic mass is 35.5. The maximum atomic E-state index is 6.14. The standard InChI is InChI=1S/C23H26N4O2.ClH/c1-4-26(5-2)14-15-29-23-19-8-6-7-9-21(19)27-22(25-23)20(16-24-27)17-10-12-18(28-3)13-11-17;/h6-13,16H,4-5,14-15H2,1-3H3;1H. The van der Waals surface area contributed by atoms with E-state index in [0.29, 0.717) is 12.5 Å². The summed E-state index contributed by atoms with van der Waals surface area (Å²) in [6.45, 7) is 7.82. The van der Waals surface area contributed by atoms with Gasteiger partial charge in [0.2, 0.25) is 5.88 Å². The van der Waals surface area contributed by atoms with Crippen molar-refractivity contribution in [3.63, 3.8) is 0 Å². The number of rotatable bonds is 8. The number of likely N-dealkylation sites (N-methyl/N-ethyl adjacent to an activating group) is 1. The minimum Gasteiger partial charge on any atom is -0.497 e. The number of nitrogens with zero attached hydrogens (tertiary/aromatic N) is 4. The van der Waals surface area contributed by atoms with Crippen LogP contribution in [0.2, 0.25) is 0 Å². The highest BCUT2D eigenvalue weighted by Crippen LogP contribution is 2.31. The van der Waals surface area contributed by atoms with E-state index in [9.17, 15) is 0 Å². The SMILES string of the molecule is CCN(CC)CCOc1nc2c(-c3ccc(OC)cc3)cnn2c2ccccc12.Cl. The molecule has 30 heavy (non-hydrogen) atoms. The number of halogens is 1. The van der Waals surface area contributed by atoms with Crippen LogP contribution >= 0.6 is 12.4 Å². The Morgan fingerprint density at radius 3 is 2.43 bits per heavy atom. The van der Waals surface area contributed by atoms with E-state index in [-0.39, 0.29) is 12.4 Å². The topological polar surface area (TPSA) is 51.9 Å². The van der Waals surface area contributed by atoms with E-state index in [1.54, 1.807) is 7.11 Å². The molecule has 0 radical (unpaired) electrons. The van der Waals surface area contributed by atoms with Crippen molar-refractivity contribution in [2.45, 2.75) is 13.8 Å². The molecule has 0 aliphatic carbocycles. The van der Waals surface area contributed by atoms with Crippen LogP contribution < -0.4 is 9.47 Å². The predicted octanol–water partition coefficient (Wildman–Crippen LogP) is 4.70. The van der Waals surface area contributed by atoms with E-state index in [2.05, 4.69) is 23.8 Å². The first-order valence-electron chi connectivity index (χ1n) is 10.0. The largest absolute Gasteiger partial charge is 0.497 e. The molecule has 2 heterocycles. The Hall–Kier alpha value is -2.83. The molecule has 0 atom stereocenters. The van der Waals surface area contributed by atoms with Gasteiger partial charge in [0.25, 0.3) is 0 Å². The van der Waals surface area contributed by atoms with Crippen LogP contribution in [0.15, 0.2) is 54.7 Å². The zero-order chi connectivity index (χ0) is 20.2. The number of aromatic nitrogens is 3. The van der Waals surface area contributed by atoms with Crippen LogP contribution in [0.5, 0.6) is 11.6 Å². The summed E-state index contributed by atoms with van der Waals surface area (Å²) in [4.78, 5) is 7.19. The van der Waals surface area contributed by atoms with Gasteiger partial charge in [0.1, 0.15) is 12.4 Å². The molecule has 2 aromatic heterocycles. The van der Waals surface area contributed by atoms with Crippen molar-refractivity contribution >= 4 is 29.0 Å². The highest BCUT2D eigenvalue weighted by Gasteiger charge is 2.15. The van der Waals surface area contributed by atoms with Crippen molar-refractivity contribution in [2.75, 3.05) is 33.4 Å². The fourth-order valence-corrected chi connectivity index (χ4v) is 3.52. The summed E-state index contributed by atoms with van der Waals surface area (Å²) in [7, 11) is 1.67. The summed E-state index contributed by atoms with van der Waals surface area (Å²) >= 11 is 0. The van der Waals surface area contributed by atoms with E-state index in [1.165, 1.54) is 0 Å². The van der Waals surface area contributed by atoms with Crippen LogP contribution in [0.3, 0.4) is 0 Å². The Kier molecular flexibility index (Phi) is 7.13. The number of fused-ring (bicyclic) bond motifs is 3. The second-order valence-electron chi connectivity index (χ2n) is 6.83. The first-order valence-corrected chi connectivity index (χ1v) is 10.0. The number of ether oxygens (including phenoxy) is 2. The summed E-state index contributed by atoms with van der Waals surface area (Å²) in [5.74, 6) is 1.47. The summed E-state index contributed by atoms with van der Waals surface area (Å²) in [6.07, 6.45) is 1.86. The zero-order valence-electron chi connectivity index (χ0n) is 17.5. The molecule has 0 N–H and O–H groups in total. The molecule has 0 aliphatic heterocycles. The first kappa shape index (κ1) is 21.9. The van der Waals surface area contributed by atoms with Crippen molar-refractivity contribution < 1.29 is 9.47 Å². The van der Waals surface area contributed by atoms with E-state index < -0.39 is 0 Å². The van der Waals surface area contributed by atoms with Gasteiger partial charge < -0.3 is 14.4 Å². The molecule has 0 spiro atoms. The Labute approximate surface area is 182 Å². The fourth-order valence-electron chi connectivity index (χ4n) is 3.52. The summed E-state index contributed by atoms with van der Waals surface area (Å²) < 4.78 is 13.3. The molecule has 0 unspecified atom stereocenters. The van der Waals surface area contributed by atoms with E-state index in [1.807, 2.05) is 59.2 Å². The molecule has 2 aromatic carbocycles. The lowest BCUT2D eigenvalue weighted by atomic mass is 10.1. The second kappa shape index (κ2) is 9.78. The van der Waals surface area contributed by atoms with Crippen molar-refractivity contribution in [3.8, 4) is 22.8 Å². The van der Waals surface area contributed by atoms with Crippen LogP contribution in [-0.4, -0.2) is 52.8 Å². The molecule has 0 amide bonds. The summed E-state index contributed by atoms with van der Waals surface area (Å²) in [5.41, 5.74) is 3.77. The molecule has 4 aromatic rings. The molecule has 6 nitrogen and oxygen atoms in total. The zero-order valence-corrected chi connectivity index (χ0v) is 18.4. The van der Waals surface area contributed by atoms with Gasteiger partial charge in [-0.1, -0.05) is 38.1 Å².